The van der Waals surface area contributed by atoms with E-state index in [-0.39, 0.29) is 99.3 Å². The van der Waals surface area contributed by atoms with Crippen LogP contribution >= 0.6 is 0 Å². The molecule has 2 saturated carbocycles. The maximum atomic E-state index is 12.7. The fourth-order valence-corrected chi connectivity index (χ4v) is 8.24. The molecule has 7 rings (SSSR count). The Bertz CT molecular complexity index is 1060. The maximum absolute atomic E-state index is 12.7. The molecule has 9 nitrogen and oxygen atoms in total. The van der Waals surface area contributed by atoms with Crippen molar-refractivity contribution < 1.29 is 94.6 Å². The van der Waals surface area contributed by atoms with Gasteiger partial charge in [-0.25, -0.2) is 4.79 Å². The zero-order chi connectivity index (χ0) is 23.1. The summed E-state index contributed by atoms with van der Waals surface area (Å²) in [5.41, 5.74) is -0.635. The molecule has 2 spiro atoms. The molecule has 0 radical (unpaired) electrons. The molecule has 0 aromatic rings. The van der Waals surface area contributed by atoms with E-state index in [1.807, 2.05) is 13.8 Å². The molecule has 4 heterocycles. The summed E-state index contributed by atoms with van der Waals surface area (Å²) in [6.45, 7) is 6.62. The van der Waals surface area contributed by atoms with Gasteiger partial charge in [0.25, 0.3) is 0 Å². The smallest absolute Gasteiger partial charge is 0.550 e. The van der Waals surface area contributed by atoms with E-state index in [1.54, 1.807) is 0 Å². The van der Waals surface area contributed by atoms with Crippen molar-refractivity contribution in [3.05, 3.63) is 11.1 Å². The van der Waals surface area contributed by atoms with E-state index in [0.717, 1.165) is 17.6 Å². The first-order valence-corrected chi connectivity index (χ1v) is 12.0. The van der Waals surface area contributed by atoms with Crippen LogP contribution in [0.3, 0.4) is 0 Å². The van der Waals surface area contributed by atoms with Crippen molar-refractivity contribution >= 4 is 17.9 Å². The molecule has 0 amide bonds. The van der Waals surface area contributed by atoms with Gasteiger partial charge in [-0.3, -0.25) is 4.79 Å². The van der Waals surface area contributed by atoms with Gasteiger partial charge in [-0.1, -0.05) is 20.8 Å². The van der Waals surface area contributed by atoms with Crippen molar-refractivity contribution in [1.29, 1.82) is 0 Å². The SMILES string of the molecule is CC(C)[C@]12O[C@H]1[C@@H]1O[C@]13[C@]1(O[C@H]1CC1C4=C(CC[C@@]13C)C(=O)OC4)[C@@H]2OC(=O)CCC(=O)[O-].[K+]. The van der Waals surface area contributed by atoms with Crippen molar-refractivity contribution in [3.63, 3.8) is 0 Å². The first-order valence-electron chi connectivity index (χ1n) is 12.0. The first kappa shape index (κ1) is 24.0. The van der Waals surface area contributed by atoms with Crippen molar-refractivity contribution in [2.75, 3.05) is 6.61 Å². The second kappa shape index (κ2) is 7.15. The minimum Gasteiger partial charge on any atom is -0.550 e. The average molecular weight is 499 g/mol. The summed E-state index contributed by atoms with van der Waals surface area (Å²) < 4.78 is 30.9. The molecule has 0 N–H and O–H groups in total. The van der Waals surface area contributed by atoms with Crippen LogP contribution in [0, 0.1) is 17.3 Å². The number of aliphatic carboxylic acids is 1. The molecule has 3 aliphatic carbocycles. The van der Waals surface area contributed by atoms with Crippen LogP contribution in [0.2, 0.25) is 0 Å². The first-order chi connectivity index (χ1) is 15.6. The Kier molecular flexibility index (Phi) is 5.06. The number of fused-ring (bicyclic) bond motifs is 4. The number of ether oxygens (including phenoxy) is 5. The molecule has 0 aromatic carbocycles. The number of carboxylic acid groups (broad SMARTS) is 1. The number of esters is 2. The number of carboxylic acids is 1. The minimum atomic E-state index is -1.29. The molecular weight excluding hydrogens is 471 g/mol. The van der Waals surface area contributed by atoms with Crippen LogP contribution in [-0.4, -0.2) is 65.7 Å². The van der Waals surface area contributed by atoms with E-state index in [0.29, 0.717) is 19.4 Å². The largest absolute Gasteiger partial charge is 1.00 e. The molecule has 0 aromatic heterocycles. The Balaban J connectivity index is 0.00000217. The summed E-state index contributed by atoms with van der Waals surface area (Å²) in [6.07, 6.45) is 0.210. The van der Waals surface area contributed by atoms with Crippen LogP contribution in [0.4, 0.5) is 0 Å². The standard InChI is InChI=1S/C24H28O9.K/c1-10(2)22-17(32-22)18-24(33-18)21(3)7-6-11-12(9-29-19(11)28)13(21)8-14-23(24,31-14)20(22)30-16(27)5-4-15(25)26;/h10,13-14,17-18,20H,4-9H2,1-3H3,(H,25,26);/q;+1/p-1/t13?,14-,17-,18-,20+,21-,22-,23+,24+;/m0./s1. The van der Waals surface area contributed by atoms with E-state index in [1.165, 1.54) is 0 Å². The Morgan fingerprint density at radius 1 is 1.18 bits per heavy atom. The van der Waals surface area contributed by atoms with Crippen molar-refractivity contribution in [1.82, 2.24) is 0 Å². The van der Waals surface area contributed by atoms with Gasteiger partial charge >= 0.3 is 63.3 Å². The summed E-state index contributed by atoms with van der Waals surface area (Å²) in [6, 6.07) is 0. The second-order valence-electron chi connectivity index (χ2n) is 11.2. The molecule has 3 saturated heterocycles. The Morgan fingerprint density at radius 3 is 2.65 bits per heavy atom. The average Bonchev–Trinajstić information content (AvgIpc) is 3.65. The molecule has 10 heteroatoms. The molecule has 34 heavy (non-hydrogen) atoms. The van der Waals surface area contributed by atoms with Gasteiger partial charge in [-0.05, 0) is 43.1 Å². The quantitative estimate of drug-likeness (QED) is 0.224. The van der Waals surface area contributed by atoms with Crippen LogP contribution in [0.5, 0.6) is 0 Å². The number of carbonyl (C=O) groups excluding carboxylic acids is 3. The van der Waals surface area contributed by atoms with Gasteiger partial charge in [0.2, 0.25) is 0 Å². The number of epoxide rings is 3. The third-order valence-electron chi connectivity index (χ3n) is 9.85. The van der Waals surface area contributed by atoms with Gasteiger partial charge in [-0.2, -0.15) is 0 Å². The van der Waals surface area contributed by atoms with Gasteiger partial charge in [0.1, 0.15) is 30.0 Å². The molecule has 1 unspecified atom stereocenters. The maximum Gasteiger partial charge on any atom is 1.00 e. The van der Waals surface area contributed by atoms with Crippen LogP contribution in [0.1, 0.15) is 52.9 Å². The summed E-state index contributed by atoms with van der Waals surface area (Å²) in [5, 5.41) is 10.9. The topological polar surface area (TPSA) is 130 Å². The van der Waals surface area contributed by atoms with E-state index in [2.05, 4.69) is 6.92 Å². The summed E-state index contributed by atoms with van der Waals surface area (Å²) in [5.74, 6) is -1.94. The van der Waals surface area contributed by atoms with Crippen LogP contribution in [0.15, 0.2) is 11.1 Å². The number of hydrogen-bond acceptors (Lipinski definition) is 9. The third-order valence-corrected chi connectivity index (χ3v) is 9.85. The van der Waals surface area contributed by atoms with Crippen molar-refractivity contribution in [2.24, 2.45) is 17.3 Å². The molecule has 4 aliphatic heterocycles. The second-order valence-corrected chi connectivity index (χ2v) is 11.2. The van der Waals surface area contributed by atoms with Crippen molar-refractivity contribution in [2.45, 2.75) is 94.1 Å². The monoisotopic (exact) mass is 498 g/mol. The van der Waals surface area contributed by atoms with E-state index in [4.69, 9.17) is 23.7 Å². The number of rotatable bonds is 5. The number of carbonyl (C=O) groups is 3. The van der Waals surface area contributed by atoms with Gasteiger partial charge in [0.05, 0.1) is 12.5 Å². The Labute approximate surface area is 239 Å². The molecule has 5 fully saturated rings. The van der Waals surface area contributed by atoms with E-state index in [9.17, 15) is 19.5 Å². The van der Waals surface area contributed by atoms with Gasteiger partial charge in [0.15, 0.2) is 11.7 Å². The fourth-order valence-electron chi connectivity index (χ4n) is 8.24. The van der Waals surface area contributed by atoms with Gasteiger partial charge in [0, 0.05) is 17.0 Å². The van der Waals surface area contributed by atoms with Crippen LogP contribution in [-0.2, 0) is 38.1 Å². The van der Waals surface area contributed by atoms with Crippen LogP contribution < -0.4 is 56.5 Å². The van der Waals surface area contributed by atoms with E-state index < -0.39 is 41.3 Å². The van der Waals surface area contributed by atoms with Gasteiger partial charge < -0.3 is 33.6 Å². The minimum absolute atomic E-state index is 0. The van der Waals surface area contributed by atoms with Crippen molar-refractivity contribution in [3.8, 4) is 0 Å². The Morgan fingerprint density at radius 2 is 1.94 bits per heavy atom. The van der Waals surface area contributed by atoms with E-state index >= 15 is 0 Å². The normalized spacial score (nSPS) is 50.4. The fraction of sp³-hybridized carbons (Fsp3) is 0.792. The molecule has 9 atom stereocenters. The van der Waals surface area contributed by atoms with Crippen LogP contribution in [0.25, 0.3) is 0 Å². The third kappa shape index (κ3) is 2.52. The summed E-state index contributed by atoms with van der Waals surface area (Å²) in [4.78, 5) is 35.8. The molecule has 7 aliphatic rings. The predicted molar refractivity (Wildman–Crippen MR) is 105 cm³/mol. The number of cyclic esters (lactones) is 1. The summed E-state index contributed by atoms with van der Waals surface area (Å²) >= 11 is 0. The molecular formula is C24H27KO9. The predicted octanol–water partition coefficient (Wildman–Crippen LogP) is -2.81. The number of hydrogen-bond donors (Lipinski definition) is 0. The molecule has 0 bridgehead atoms. The molecule has 178 valence electrons. The zero-order valence-electron chi connectivity index (χ0n) is 19.9. The Hall–Kier alpha value is -0.334. The summed E-state index contributed by atoms with van der Waals surface area (Å²) in [7, 11) is 0. The van der Waals surface area contributed by atoms with Gasteiger partial charge in [-0.15, -0.1) is 0 Å². The zero-order valence-corrected chi connectivity index (χ0v) is 23.0.